The molecule has 0 aliphatic carbocycles. The van der Waals surface area contributed by atoms with Crippen molar-refractivity contribution in [3.8, 4) is 0 Å². The molecule has 0 atom stereocenters. The van der Waals surface area contributed by atoms with Gasteiger partial charge in [-0.2, -0.15) is 0 Å². The van der Waals surface area contributed by atoms with Crippen LogP contribution in [-0.2, 0) is 30.6 Å². The molecule has 2 nitrogen and oxygen atoms in total. The Hall–Kier alpha value is 1.11. The van der Waals surface area contributed by atoms with E-state index in [1.807, 2.05) is 0 Å². The third-order valence-corrected chi connectivity index (χ3v) is 0. The number of carbonyl (C=O) groups is 1. The van der Waals surface area contributed by atoms with E-state index in [1.54, 1.807) is 0 Å². The Morgan fingerprint density at radius 3 is 1.83 bits per heavy atom. The molecule has 0 heterocycles. The summed E-state index contributed by atoms with van der Waals surface area (Å²) in [7, 11) is 0. The van der Waals surface area contributed by atoms with Crippen molar-refractivity contribution in [2.75, 3.05) is 0 Å². The maximum atomic E-state index is 9.00. The van der Waals surface area contributed by atoms with Gasteiger partial charge < -0.3 is 7.96 Å². The van der Waals surface area contributed by atoms with Gasteiger partial charge in [0.2, 0.25) is 0 Å². The van der Waals surface area contributed by atoms with E-state index in [9.17, 15) is 0 Å². The summed E-state index contributed by atoms with van der Waals surface area (Å²) >= 11 is 0. The average Bonchev–Trinajstić information content (AvgIpc) is 0.811. The quantitative estimate of drug-likeness (QED) is 0.622. The average molecular weight is 265 g/mol. The molecule has 6 heavy (non-hydrogen) atoms. The SMILES string of the molecule is CC(=O)O.[H-].[H-].[Hf].[Mg+2]. The zero-order chi connectivity index (χ0) is 3.58. The third kappa shape index (κ3) is 70.3. The molecule has 0 radical (unpaired) electrons. The minimum Gasteiger partial charge on any atom is -1.00 e. The van der Waals surface area contributed by atoms with Crippen LogP contribution in [-0.4, -0.2) is 34.1 Å². The molecule has 0 unspecified atom stereocenters. The summed E-state index contributed by atoms with van der Waals surface area (Å²) in [6.07, 6.45) is 0. The normalized spacial score (nSPS) is 4.17. The number of hydrogen-bond acceptors (Lipinski definition) is 1. The minimum absolute atomic E-state index is 0. The second kappa shape index (κ2) is 9.44. The number of hydrogen-bond donors (Lipinski definition) is 1. The van der Waals surface area contributed by atoms with Gasteiger partial charge in [0, 0.05) is 32.8 Å². The number of aliphatic carboxylic acids is 1. The van der Waals surface area contributed by atoms with Crippen LogP contribution in [0.25, 0.3) is 0 Å². The van der Waals surface area contributed by atoms with E-state index < -0.39 is 5.97 Å². The Labute approximate surface area is 74.2 Å². The topological polar surface area (TPSA) is 37.3 Å². The van der Waals surface area contributed by atoms with Crippen molar-refractivity contribution in [1.29, 1.82) is 0 Å². The largest absolute Gasteiger partial charge is 2.00 e. The summed E-state index contributed by atoms with van der Waals surface area (Å²) < 4.78 is 0. The molecular weight excluding hydrogens is 259 g/mol. The van der Waals surface area contributed by atoms with Crippen LogP contribution in [0.2, 0.25) is 0 Å². The van der Waals surface area contributed by atoms with Crippen molar-refractivity contribution in [1.82, 2.24) is 0 Å². The molecule has 0 saturated carbocycles. The van der Waals surface area contributed by atoms with Crippen LogP contribution in [0.1, 0.15) is 9.78 Å². The van der Waals surface area contributed by atoms with Crippen LogP contribution in [0.3, 0.4) is 0 Å². The predicted octanol–water partition coefficient (Wildman–Crippen LogP) is -0.0674. The summed E-state index contributed by atoms with van der Waals surface area (Å²) in [6.45, 7) is 1.08. The Balaban J connectivity index is -0.00000000750. The summed E-state index contributed by atoms with van der Waals surface area (Å²) in [5.74, 6) is -0.833. The molecule has 0 aliphatic rings. The van der Waals surface area contributed by atoms with Gasteiger partial charge in [0.15, 0.2) is 0 Å². The van der Waals surface area contributed by atoms with Crippen LogP contribution in [0.5, 0.6) is 0 Å². The predicted molar refractivity (Wildman–Crippen MR) is 21.3 cm³/mol. The molecule has 0 aromatic carbocycles. The molecule has 0 fully saturated rings. The summed E-state index contributed by atoms with van der Waals surface area (Å²) in [4.78, 5) is 9.00. The van der Waals surface area contributed by atoms with E-state index in [1.165, 1.54) is 0 Å². The summed E-state index contributed by atoms with van der Waals surface area (Å²) in [5, 5.41) is 7.42. The Morgan fingerprint density at radius 1 is 1.83 bits per heavy atom. The summed E-state index contributed by atoms with van der Waals surface area (Å²) in [5.41, 5.74) is 0. The maximum Gasteiger partial charge on any atom is 2.00 e. The molecule has 0 aliphatic heterocycles. The molecule has 0 aromatic rings. The van der Waals surface area contributed by atoms with Gasteiger partial charge in [0.25, 0.3) is 5.97 Å². The van der Waals surface area contributed by atoms with E-state index in [2.05, 4.69) is 0 Å². The van der Waals surface area contributed by atoms with Crippen molar-refractivity contribution in [3.63, 3.8) is 0 Å². The molecule has 4 heteroatoms. The first kappa shape index (κ1) is 15.7. The smallest absolute Gasteiger partial charge is 1.00 e. The monoisotopic (exact) mass is 266 g/mol. The number of rotatable bonds is 0. The zero-order valence-electron chi connectivity index (χ0n) is 5.56. The summed E-state index contributed by atoms with van der Waals surface area (Å²) in [6, 6.07) is 0. The fourth-order valence-electron chi connectivity index (χ4n) is 0. The van der Waals surface area contributed by atoms with Crippen molar-refractivity contribution in [2.24, 2.45) is 0 Å². The Bertz CT molecular complexity index is 41.0. The first-order valence-electron chi connectivity index (χ1n) is 0.928. The molecule has 0 bridgehead atoms. The molecule has 0 aromatic heterocycles. The van der Waals surface area contributed by atoms with Crippen LogP contribution in [0, 0.1) is 0 Å². The molecular formula is C2H6HfMgO2. The molecule has 0 spiro atoms. The fraction of sp³-hybridized carbons (Fsp3) is 0.500. The standard InChI is InChI=1S/C2H4O2.Hf.Mg.2H/c1-2(3)4;;;;/h1H3,(H,3,4);;;;/q;;+2;2*-1. The van der Waals surface area contributed by atoms with Crippen LogP contribution in [0.4, 0.5) is 0 Å². The fourth-order valence-corrected chi connectivity index (χ4v) is 0. The second-order valence-corrected chi connectivity index (χ2v) is 0.519. The molecule has 0 rings (SSSR count). The van der Waals surface area contributed by atoms with Crippen molar-refractivity contribution < 1.29 is 38.6 Å². The van der Waals surface area contributed by atoms with Gasteiger partial charge in [-0.25, -0.2) is 0 Å². The molecule has 32 valence electrons. The maximum absolute atomic E-state index is 9.00. The van der Waals surface area contributed by atoms with E-state index in [0.29, 0.717) is 0 Å². The Morgan fingerprint density at radius 2 is 1.83 bits per heavy atom. The molecule has 0 saturated heterocycles. The number of carboxylic acids is 1. The van der Waals surface area contributed by atoms with Crippen LogP contribution in [0.15, 0.2) is 0 Å². The van der Waals surface area contributed by atoms with E-state index in [4.69, 9.17) is 9.90 Å². The minimum atomic E-state index is -0.833. The van der Waals surface area contributed by atoms with Gasteiger partial charge in [0.1, 0.15) is 0 Å². The second-order valence-electron chi connectivity index (χ2n) is 0.519. The molecule has 0 amide bonds. The zero-order valence-corrected chi connectivity index (χ0v) is 8.57. The van der Waals surface area contributed by atoms with Gasteiger partial charge in [0.05, 0.1) is 0 Å². The number of carboxylic acid groups (broad SMARTS) is 1. The van der Waals surface area contributed by atoms with Crippen molar-refractivity contribution in [2.45, 2.75) is 6.92 Å². The van der Waals surface area contributed by atoms with Crippen LogP contribution < -0.4 is 0 Å². The van der Waals surface area contributed by atoms with Crippen molar-refractivity contribution >= 4 is 29.0 Å². The van der Waals surface area contributed by atoms with Gasteiger partial charge in [-0.3, -0.25) is 4.79 Å². The van der Waals surface area contributed by atoms with E-state index >= 15 is 0 Å². The third-order valence-electron chi connectivity index (χ3n) is 0. The van der Waals surface area contributed by atoms with Gasteiger partial charge >= 0.3 is 23.1 Å². The first-order chi connectivity index (χ1) is 1.73. The van der Waals surface area contributed by atoms with Crippen molar-refractivity contribution in [3.05, 3.63) is 0 Å². The van der Waals surface area contributed by atoms with Gasteiger partial charge in [-0.05, 0) is 0 Å². The van der Waals surface area contributed by atoms with Gasteiger partial charge in [-0.1, -0.05) is 0 Å². The van der Waals surface area contributed by atoms with E-state index in [0.717, 1.165) is 6.92 Å². The van der Waals surface area contributed by atoms with Crippen LogP contribution >= 0.6 is 0 Å². The Kier molecular flexibility index (Phi) is 24.7. The molecule has 1 N–H and O–H groups in total. The van der Waals surface area contributed by atoms with E-state index in [-0.39, 0.29) is 51.7 Å². The van der Waals surface area contributed by atoms with Gasteiger partial charge in [-0.15, -0.1) is 0 Å². The first-order valence-corrected chi connectivity index (χ1v) is 0.928.